The maximum Gasteiger partial charge on any atom is 0.231 e. The van der Waals surface area contributed by atoms with E-state index < -0.39 is 0 Å². The van der Waals surface area contributed by atoms with Gasteiger partial charge in [-0.25, -0.2) is 0 Å². The zero-order valence-corrected chi connectivity index (χ0v) is 18.3. The average molecular weight is 414 g/mol. The van der Waals surface area contributed by atoms with Gasteiger partial charge in [0.25, 0.3) is 0 Å². The van der Waals surface area contributed by atoms with Crippen molar-refractivity contribution in [2.45, 2.75) is 57.3 Å². The highest BCUT2D eigenvalue weighted by molar-refractivity contribution is 5.80. The molecule has 1 spiro atoms. The Balaban J connectivity index is 1.38. The molecule has 3 heterocycles. The van der Waals surface area contributed by atoms with Crippen molar-refractivity contribution in [3.8, 4) is 11.5 Å². The quantitative estimate of drug-likeness (QED) is 0.603. The van der Waals surface area contributed by atoms with E-state index >= 15 is 0 Å². The fourth-order valence-corrected chi connectivity index (χ4v) is 5.83. The predicted octanol–water partition coefficient (Wildman–Crippen LogP) is 3.70. The number of nitrogens with zero attached hydrogens (tertiary/aromatic N) is 2. The molecule has 0 unspecified atom stereocenters. The number of benzene rings is 1. The van der Waals surface area contributed by atoms with Crippen LogP contribution in [0.4, 0.5) is 0 Å². The molecule has 2 saturated heterocycles. The molecule has 4 aliphatic rings. The standard InChI is InChI=1S/C24H35N3O3/c1-2-25-22(27-12-9-23(17-27)7-3-4-8-23)26-16-24(10-13-28-14-11-24)19-5-6-20-21(15-19)30-18-29-20/h5-6,15H,2-4,7-14,16-18H2,1H3,(H,25,26). The van der Waals surface area contributed by atoms with Gasteiger partial charge >= 0.3 is 0 Å². The molecule has 0 aromatic heterocycles. The van der Waals surface area contributed by atoms with Crippen LogP contribution in [0.1, 0.15) is 57.4 Å². The number of fused-ring (bicyclic) bond motifs is 1. The van der Waals surface area contributed by atoms with E-state index in [0.29, 0.717) is 12.2 Å². The zero-order valence-electron chi connectivity index (χ0n) is 18.3. The summed E-state index contributed by atoms with van der Waals surface area (Å²) in [7, 11) is 0. The minimum Gasteiger partial charge on any atom is -0.454 e. The third-order valence-electron chi connectivity index (χ3n) is 7.70. The van der Waals surface area contributed by atoms with Gasteiger partial charge in [0.1, 0.15) is 0 Å². The number of rotatable bonds is 4. The zero-order chi connectivity index (χ0) is 20.4. The Hall–Kier alpha value is -1.95. The summed E-state index contributed by atoms with van der Waals surface area (Å²) in [4.78, 5) is 7.74. The number of hydrogen-bond acceptors (Lipinski definition) is 4. The van der Waals surface area contributed by atoms with E-state index in [1.807, 2.05) is 6.07 Å². The van der Waals surface area contributed by atoms with Crippen LogP contribution in [-0.4, -0.2) is 57.0 Å². The first-order valence-corrected chi connectivity index (χ1v) is 11.7. The summed E-state index contributed by atoms with van der Waals surface area (Å²) in [5.41, 5.74) is 1.83. The topological polar surface area (TPSA) is 55.3 Å². The van der Waals surface area contributed by atoms with Crippen molar-refractivity contribution >= 4 is 5.96 Å². The lowest BCUT2D eigenvalue weighted by molar-refractivity contribution is 0.0529. The van der Waals surface area contributed by atoms with Crippen molar-refractivity contribution in [1.29, 1.82) is 0 Å². The van der Waals surface area contributed by atoms with Crippen LogP contribution in [0.3, 0.4) is 0 Å². The van der Waals surface area contributed by atoms with E-state index in [0.717, 1.165) is 63.1 Å². The molecule has 1 aliphatic carbocycles. The van der Waals surface area contributed by atoms with E-state index in [4.69, 9.17) is 19.2 Å². The monoisotopic (exact) mass is 413 g/mol. The lowest BCUT2D eigenvalue weighted by Gasteiger charge is -2.37. The first kappa shape index (κ1) is 20.0. The highest BCUT2D eigenvalue weighted by atomic mass is 16.7. The van der Waals surface area contributed by atoms with Gasteiger partial charge in [0.15, 0.2) is 17.5 Å². The Morgan fingerprint density at radius 2 is 1.87 bits per heavy atom. The molecular weight excluding hydrogens is 378 g/mol. The maximum absolute atomic E-state index is 5.73. The van der Waals surface area contributed by atoms with Crippen molar-refractivity contribution in [2.75, 3.05) is 46.2 Å². The second kappa shape index (κ2) is 8.29. The largest absolute Gasteiger partial charge is 0.454 e. The summed E-state index contributed by atoms with van der Waals surface area (Å²) in [6, 6.07) is 6.41. The van der Waals surface area contributed by atoms with E-state index in [2.05, 4.69) is 29.3 Å². The first-order chi connectivity index (χ1) is 14.7. The molecule has 0 bridgehead atoms. The molecule has 3 aliphatic heterocycles. The third-order valence-corrected chi connectivity index (χ3v) is 7.70. The Bertz CT molecular complexity index is 782. The number of ether oxygens (including phenoxy) is 3. The van der Waals surface area contributed by atoms with Gasteiger partial charge in [-0.1, -0.05) is 18.9 Å². The van der Waals surface area contributed by atoms with E-state index in [-0.39, 0.29) is 5.41 Å². The van der Waals surface area contributed by atoms with Gasteiger partial charge in [-0.2, -0.15) is 0 Å². The van der Waals surface area contributed by atoms with Crippen molar-refractivity contribution in [1.82, 2.24) is 10.2 Å². The van der Waals surface area contributed by atoms with Crippen molar-refractivity contribution < 1.29 is 14.2 Å². The first-order valence-electron chi connectivity index (χ1n) is 11.7. The predicted molar refractivity (Wildman–Crippen MR) is 117 cm³/mol. The molecule has 1 N–H and O–H groups in total. The van der Waals surface area contributed by atoms with Crippen LogP contribution < -0.4 is 14.8 Å². The smallest absolute Gasteiger partial charge is 0.231 e. The number of nitrogens with one attached hydrogen (secondary N) is 1. The molecular formula is C24H35N3O3. The maximum atomic E-state index is 5.73. The van der Waals surface area contributed by atoms with Crippen LogP contribution in [-0.2, 0) is 10.2 Å². The van der Waals surface area contributed by atoms with E-state index in [1.54, 1.807) is 0 Å². The Kier molecular flexibility index (Phi) is 5.52. The second-order valence-electron chi connectivity index (χ2n) is 9.51. The molecule has 6 heteroatoms. The van der Waals surface area contributed by atoms with Gasteiger partial charge in [0, 0.05) is 38.3 Å². The van der Waals surface area contributed by atoms with Gasteiger partial charge in [-0.05, 0) is 62.1 Å². The van der Waals surface area contributed by atoms with Gasteiger partial charge < -0.3 is 24.4 Å². The minimum atomic E-state index is -0.00925. The van der Waals surface area contributed by atoms with Crippen LogP contribution in [0.25, 0.3) is 0 Å². The Morgan fingerprint density at radius 3 is 2.67 bits per heavy atom. The summed E-state index contributed by atoms with van der Waals surface area (Å²) >= 11 is 0. The molecule has 1 aromatic carbocycles. The third kappa shape index (κ3) is 3.75. The van der Waals surface area contributed by atoms with Crippen LogP contribution in [0, 0.1) is 5.41 Å². The summed E-state index contributed by atoms with van der Waals surface area (Å²) < 4.78 is 16.9. The van der Waals surface area contributed by atoms with Crippen LogP contribution in [0.15, 0.2) is 23.2 Å². The number of likely N-dealkylation sites (tertiary alicyclic amines) is 1. The normalized spacial score (nSPS) is 24.6. The molecule has 3 fully saturated rings. The number of hydrogen-bond donors (Lipinski definition) is 1. The average Bonchev–Trinajstić information content (AvgIpc) is 3.53. The van der Waals surface area contributed by atoms with Crippen molar-refractivity contribution in [3.63, 3.8) is 0 Å². The summed E-state index contributed by atoms with van der Waals surface area (Å²) in [5.74, 6) is 2.79. The highest BCUT2D eigenvalue weighted by Crippen LogP contribution is 2.45. The molecule has 1 saturated carbocycles. The molecule has 1 aromatic rings. The Morgan fingerprint density at radius 1 is 1.07 bits per heavy atom. The SMILES string of the molecule is CCNC(=NCC1(c2ccc3c(c2)OCO3)CCOCC1)N1CCC2(CCCC2)C1. The molecule has 30 heavy (non-hydrogen) atoms. The van der Waals surface area contributed by atoms with Gasteiger partial charge in [0.05, 0.1) is 6.54 Å². The fourth-order valence-electron chi connectivity index (χ4n) is 5.83. The second-order valence-corrected chi connectivity index (χ2v) is 9.51. The molecule has 0 amide bonds. The summed E-state index contributed by atoms with van der Waals surface area (Å²) in [6.07, 6.45) is 8.86. The lowest BCUT2D eigenvalue weighted by atomic mass is 9.74. The van der Waals surface area contributed by atoms with Gasteiger partial charge in [-0.3, -0.25) is 4.99 Å². The lowest BCUT2D eigenvalue weighted by Crippen LogP contribution is -2.43. The molecule has 5 rings (SSSR count). The van der Waals surface area contributed by atoms with E-state index in [9.17, 15) is 0 Å². The molecule has 0 radical (unpaired) electrons. The number of aliphatic imine (C=N–C) groups is 1. The Labute approximate surface area is 180 Å². The van der Waals surface area contributed by atoms with Crippen molar-refractivity contribution in [2.24, 2.45) is 10.4 Å². The highest BCUT2D eigenvalue weighted by Gasteiger charge is 2.41. The van der Waals surface area contributed by atoms with Crippen molar-refractivity contribution in [3.05, 3.63) is 23.8 Å². The van der Waals surface area contributed by atoms with Crippen LogP contribution >= 0.6 is 0 Å². The minimum absolute atomic E-state index is 0.00925. The molecule has 6 nitrogen and oxygen atoms in total. The van der Waals surface area contributed by atoms with Gasteiger partial charge in [-0.15, -0.1) is 0 Å². The summed E-state index contributed by atoms with van der Waals surface area (Å²) in [5, 5.41) is 3.58. The molecule has 0 atom stereocenters. The summed E-state index contributed by atoms with van der Waals surface area (Å²) in [6.45, 7) is 8.03. The molecule has 164 valence electrons. The van der Waals surface area contributed by atoms with Gasteiger partial charge in [0.2, 0.25) is 6.79 Å². The van der Waals surface area contributed by atoms with E-state index in [1.165, 1.54) is 44.2 Å². The number of guanidine groups is 1. The van der Waals surface area contributed by atoms with Crippen LogP contribution in [0.2, 0.25) is 0 Å². The fraction of sp³-hybridized carbons (Fsp3) is 0.708. The van der Waals surface area contributed by atoms with Crippen LogP contribution in [0.5, 0.6) is 11.5 Å².